The van der Waals surface area contributed by atoms with Crippen LogP contribution in [0, 0.1) is 6.92 Å². The van der Waals surface area contributed by atoms with Crippen molar-refractivity contribution in [3.8, 4) is 0 Å². The van der Waals surface area contributed by atoms with Gasteiger partial charge < -0.3 is 16.4 Å². The Kier molecular flexibility index (Phi) is 3.81. The van der Waals surface area contributed by atoms with Crippen LogP contribution >= 0.6 is 0 Å². The Hall–Kier alpha value is -1.62. The van der Waals surface area contributed by atoms with Crippen LogP contribution in [0.15, 0.2) is 12.3 Å². The summed E-state index contributed by atoms with van der Waals surface area (Å²) in [5.41, 5.74) is 13.1. The van der Waals surface area contributed by atoms with Crippen molar-refractivity contribution in [2.45, 2.75) is 38.8 Å². The van der Waals surface area contributed by atoms with Crippen molar-refractivity contribution in [2.24, 2.45) is 11.5 Å². The minimum atomic E-state index is -0.265. The van der Waals surface area contributed by atoms with Crippen LogP contribution in [0.25, 0.3) is 0 Å². The molecule has 18 heavy (non-hydrogen) atoms. The summed E-state index contributed by atoms with van der Waals surface area (Å²) in [7, 11) is 0. The Morgan fingerprint density at radius 2 is 2.33 bits per heavy atom. The minimum absolute atomic E-state index is 0.228. The Morgan fingerprint density at radius 3 is 2.94 bits per heavy atom. The number of hydrogen-bond donors (Lipinski definition) is 2. The lowest BCUT2D eigenvalue weighted by Crippen LogP contribution is -2.48. The molecular formula is C13H20N4O. The quantitative estimate of drug-likeness (QED) is 0.824. The Labute approximate surface area is 107 Å². The molecule has 0 aliphatic carbocycles. The highest BCUT2D eigenvalue weighted by atomic mass is 16.1. The van der Waals surface area contributed by atoms with E-state index in [1.54, 1.807) is 6.20 Å². The molecule has 5 nitrogen and oxygen atoms in total. The van der Waals surface area contributed by atoms with E-state index < -0.39 is 0 Å². The maximum absolute atomic E-state index is 11.5. The lowest BCUT2D eigenvalue weighted by atomic mass is 10.0. The van der Waals surface area contributed by atoms with Crippen molar-refractivity contribution >= 4 is 11.7 Å². The van der Waals surface area contributed by atoms with Crippen molar-refractivity contribution in [1.29, 1.82) is 0 Å². The number of hydrogen-bond acceptors (Lipinski definition) is 4. The monoisotopic (exact) mass is 248 g/mol. The van der Waals surface area contributed by atoms with Crippen LogP contribution in [0.2, 0.25) is 0 Å². The zero-order valence-corrected chi connectivity index (χ0v) is 10.7. The molecule has 1 amide bonds. The van der Waals surface area contributed by atoms with E-state index in [0.717, 1.165) is 42.8 Å². The predicted octanol–water partition coefficient (Wildman–Crippen LogP) is 0.693. The summed E-state index contributed by atoms with van der Waals surface area (Å²) in [6, 6.07) is 1.79. The number of piperidine rings is 1. The normalized spacial score (nSPS) is 19.9. The van der Waals surface area contributed by atoms with Crippen molar-refractivity contribution in [1.82, 2.24) is 4.98 Å². The standard InChI is InChI=1S/C13H20N4O/c1-9-6-10(7-14)8-16-13(9)17-5-3-2-4-11(17)12(15)18/h6,8,11H,2-5,7,14H2,1H3,(H2,15,18). The van der Waals surface area contributed by atoms with Crippen molar-refractivity contribution < 1.29 is 4.79 Å². The predicted molar refractivity (Wildman–Crippen MR) is 71.0 cm³/mol. The van der Waals surface area contributed by atoms with Crippen LogP contribution in [0.1, 0.15) is 30.4 Å². The summed E-state index contributed by atoms with van der Waals surface area (Å²) >= 11 is 0. The number of carbonyl (C=O) groups is 1. The number of nitrogens with two attached hydrogens (primary N) is 2. The molecule has 0 spiro atoms. The van der Waals surface area contributed by atoms with Crippen molar-refractivity contribution in [3.63, 3.8) is 0 Å². The van der Waals surface area contributed by atoms with Crippen molar-refractivity contribution in [2.75, 3.05) is 11.4 Å². The van der Waals surface area contributed by atoms with E-state index in [4.69, 9.17) is 11.5 Å². The first kappa shape index (κ1) is 12.8. The van der Waals surface area contributed by atoms with Crippen molar-refractivity contribution in [3.05, 3.63) is 23.4 Å². The number of aromatic nitrogens is 1. The van der Waals surface area contributed by atoms with Gasteiger partial charge in [-0.3, -0.25) is 4.79 Å². The second-order valence-corrected chi connectivity index (χ2v) is 4.80. The number of amides is 1. The molecule has 0 radical (unpaired) electrons. The van der Waals surface area contributed by atoms with Gasteiger partial charge in [-0.15, -0.1) is 0 Å². The third kappa shape index (κ3) is 2.46. The van der Waals surface area contributed by atoms with Gasteiger partial charge in [0, 0.05) is 19.3 Å². The molecular weight excluding hydrogens is 228 g/mol. The molecule has 1 aliphatic heterocycles. The number of anilines is 1. The van der Waals surface area contributed by atoms with Gasteiger partial charge in [0.2, 0.25) is 5.91 Å². The maximum atomic E-state index is 11.5. The zero-order chi connectivity index (χ0) is 13.1. The Bertz CT molecular complexity index is 447. The number of nitrogens with zero attached hydrogens (tertiary/aromatic N) is 2. The lowest BCUT2D eigenvalue weighted by molar-refractivity contribution is -0.119. The Morgan fingerprint density at radius 1 is 1.56 bits per heavy atom. The van der Waals surface area contributed by atoms with Gasteiger partial charge >= 0.3 is 0 Å². The van der Waals surface area contributed by atoms with Gasteiger partial charge in [-0.2, -0.15) is 0 Å². The first-order valence-electron chi connectivity index (χ1n) is 6.35. The van der Waals surface area contributed by atoms with E-state index in [-0.39, 0.29) is 11.9 Å². The summed E-state index contributed by atoms with van der Waals surface area (Å²) < 4.78 is 0. The van der Waals surface area contributed by atoms with Crippen LogP contribution in [0.4, 0.5) is 5.82 Å². The topological polar surface area (TPSA) is 85.2 Å². The highest BCUT2D eigenvalue weighted by Gasteiger charge is 2.28. The van der Waals surface area contributed by atoms with Crippen LogP contribution < -0.4 is 16.4 Å². The van der Waals surface area contributed by atoms with Gasteiger partial charge in [-0.05, 0) is 43.4 Å². The van der Waals surface area contributed by atoms with Crippen LogP contribution in [0.3, 0.4) is 0 Å². The fourth-order valence-corrected chi connectivity index (χ4v) is 2.52. The van der Waals surface area contributed by atoms with Gasteiger partial charge in [0.05, 0.1) is 0 Å². The number of rotatable bonds is 3. The van der Waals surface area contributed by atoms with Gasteiger partial charge in [0.25, 0.3) is 0 Å². The van der Waals surface area contributed by atoms with Gasteiger partial charge in [0.1, 0.15) is 11.9 Å². The smallest absolute Gasteiger partial charge is 0.240 e. The second kappa shape index (κ2) is 5.35. The highest BCUT2D eigenvalue weighted by Crippen LogP contribution is 2.26. The average Bonchev–Trinajstić information content (AvgIpc) is 2.38. The summed E-state index contributed by atoms with van der Waals surface area (Å²) in [5, 5.41) is 0. The molecule has 0 saturated carbocycles. The lowest BCUT2D eigenvalue weighted by Gasteiger charge is -2.35. The van der Waals surface area contributed by atoms with Gasteiger partial charge in [-0.1, -0.05) is 0 Å². The molecule has 1 saturated heterocycles. The van der Waals surface area contributed by atoms with Crippen LogP contribution in [-0.4, -0.2) is 23.5 Å². The van der Waals surface area contributed by atoms with E-state index in [2.05, 4.69) is 4.98 Å². The van der Waals surface area contributed by atoms with E-state index in [1.807, 2.05) is 17.9 Å². The molecule has 2 rings (SSSR count). The molecule has 1 fully saturated rings. The van der Waals surface area contributed by atoms with Crippen LogP contribution in [0.5, 0.6) is 0 Å². The van der Waals surface area contributed by atoms with Gasteiger partial charge in [-0.25, -0.2) is 4.98 Å². The fraction of sp³-hybridized carbons (Fsp3) is 0.538. The van der Waals surface area contributed by atoms with E-state index in [1.165, 1.54) is 0 Å². The minimum Gasteiger partial charge on any atom is -0.368 e. The Balaban J connectivity index is 2.31. The van der Waals surface area contributed by atoms with E-state index in [0.29, 0.717) is 6.54 Å². The molecule has 0 aromatic carbocycles. The third-order valence-corrected chi connectivity index (χ3v) is 3.45. The molecule has 5 heteroatoms. The second-order valence-electron chi connectivity index (χ2n) is 4.80. The van der Waals surface area contributed by atoms with Crippen LogP contribution in [-0.2, 0) is 11.3 Å². The maximum Gasteiger partial charge on any atom is 0.240 e. The number of primary amides is 1. The average molecular weight is 248 g/mol. The molecule has 1 aromatic rings. The molecule has 0 bridgehead atoms. The van der Waals surface area contributed by atoms with E-state index >= 15 is 0 Å². The summed E-state index contributed by atoms with van der Waals surface area (Å²) in [6.45, 7) is 3.31. The number of pyridine rings is 1. The zero-order valence-electron chi connectivity index (χ0n) is 10.7. The number of carbonyl (C=O) groups excluding carboxylic acids is 1. The summed E-state index contributed by atoms with van der Waals surface area (Å²) in [4.78, 5) is 18.0. The molecule has 1 atom stereocenters. The molecule has 1 aliphatic rings. The molecule has 2 heterocycles. The van der Waals surface area contributed by atoms with Gasteiger partial charge in [0.15, 0.2) is 0 Å². The summed E-state index contributed by atoms with van der Waals surface area (Å²) in [6.07, 6.45) is 4.71. The highest BCUT2D eigenvalue weighted by molar-refractivity contribution is 5.83. The first-order chi connectivity index (χ1) is 8.63. The largest absolute Gasteiger partial charge is 0.368 e. The molecule has 1 unspecified atom stereocenters. The SMILES string of the molecule is Cc1cc(CN)cnc1N1CCCCC1C(N)=O. The third-order valence-electron chi connectivity index (χ3n) is 3.45. The first-order valence-corrected chi connectivity index (χ1v) is 6.35. The fourth-order valence-electron chi connectivity index (χ4n) is 2.52. The van der Waals surface area contributed by atoms with E-state index in [9.17, 15) is 4.79 Å². The number of aryl methyl sites for hydroxylation is 1. The molecule has 1 aromatic heterocycles. The molecule has 98 valence electrons. The summed E-state index contributed by atoms with van der Waals surface area (Å²) in [5.74, 6) is 0.592. The molecule has 4 N–H and O–H groups in total.